The zero-order valence-corrected chi connectivity index (χ0v) is 22.7. The summed E-state index contributed by atoms with van der Waals surface area (Å²) in [6, 6.07) is 1.74. The standard InChI is InChI=1S/C23H34N6O5S2/c1-16-11-17(26-36(31,32)28-7-8-34-23(28)30)12-18(16)20-13-24-21-14-25-22-19(29(20)21)5-6-27(22)15-33-9-10-35(2,3)4/h5-6,13-14,16-18,26H,7-12,15H2,1-4H3. The van der Waals surface area contributed by atoms with Crippen molar-refractivity contribution < 1.29 is 22.7 Å². The van der Waals surface area contributed by atoms with Crippen molar-refractivity contribution in [3.63, 3.8) is 0 Å². The van der Waals surface area contributed by atoms with Gasteiger partial charge >= 0.3 is 16.3 Å². The number of carbonyl (C=O) groups excluding carboxylic acids is 1. The summed E-state index contributed by atoms with van der Waals surface area (Å²) in [6.45, 7) is 3.39. The van der Waals surface area contributed by atoms with Gasteiger partial charge in [-0.05, 0) is 43.6 Å². The van der Waals surface area contributed by atoms with Gasteiger partial charge in [0, 0.05) is 35.8 Å². The van der Waals surface area contributed by atoms with Gasteiger partial charge in [-0.3, -0.25) is 4.40 Å². The van der Waals surface area contributed by atoms with E-state index in [-0.39, 0.29) is 31.0 Å². The molecule has 0 spiro atoms. The molecule has 1 amide bonds. The molecule has 198 valence electrons. The van der Waals surface area contributed by atoms with Crippen molar-refractivity contribution in [2.75, 3.05) is 44.3 Å². The Bertz CT molecular complexity index is 1380. The molecule has 2 fully saturated rings. The van der Waals surface area contributed by atoms with Gasteiger partial charge in [0.25, 0.3) is 0 Å². The second-order valence-electron chi connectivity index (χ2n) is 10.5. The van der Waals surface area contributed by atoms with Gasteiger partial charge < -0.3 is 14.0 Å². The summed E-state index contributed by atoms with van der Waals surface area (Å²) in [7, 11) is -4.55. The average Bonchev–Trinajstić information content (AvgIpc) is 3.56. The summed E-state index contributed by atoms with van der Waals surface area (Å²) in [5, 5.41) is 0. The van der Waals surface area contributed by atoms with Crippen molar-refractivity contribution in [1.82, 2.24) is 28.0 Å². The second-order valence-corrected chi connectivity index (χ2v) is 16.7. The van der Waals surface area contributed by atoms with E-state index in [1.807, 2.05) is 23.0 Å². The number of imidazole rings is 1. The first-order valence-electron chi connectivity index (χ1n) is 12.1. The minimum absolute atomic E-state index is 0.0379. The van der Waals surface area contributed by atoms with E-state index < -0.39 is 26.3 Å². The third-order valence-corrected chi connectivity index (χ3v) is 9.87. The Hall–Kier alpha value is -2.35. The molecule has 13 heteroatoms. The molecule has 11 nitrogen and oxygen atoms in total. The van der Waals surface area contributed by atoms with Crippen LogP contribution in [-0.4, -0.2) is 88.1 Å². The van der Waals surface area contributed by atoms with Gasteiger partial charge in [0.2, 0.25) is 0 Å². The Morgan fingerprint density at radius 1 is 1.19 bits per heavy atom. The maximum Gasteiger partial charge on any atom is 0.424 e. The third-order valence-electron chi connectivity index (χ3n) is 6.93. The molecular weight excluding hydrogens is 504 g/mol. The van der Waals surface area contributed by atoms with E-state index in [2.05, 4.69) is 44.8 Å². The second kappa shape index (κ2) is 9.51. The highest BCUT2D eigenvalue weighted by molar-refractivity contribution is 8.32. The lowest BCUT2D eigenvalue weighted by atomic mass is 9.95. The van der Waals surface area contributed by atoms with Gasteiger partial charge in [-0.2, -0.15) is 17.4 Å². The van der Waals surface area contributed by atoms with Crippen molar-refractivity contribution >= 4 is 43.1 Å². The molecule has 4 heterocycles. The molecule has 0 bridgehead atoms. The molecule has 1 N–H and O–H groups in total. The van der Waals surface area contributed by atoms with Crippen LogP contribution in [0.4, 0.5) is 4.79 Å². The summed E-state index contributed by atoms with van der Waals surface area (Å²) in [5.74, 6) is 1.37. The molecule has 3 atom stereocenters. The number of carbonyl (C=O) groups is 1. The van der Waals surface area contributed by atoms with Crippen molar-refractivity contribution in [3.8, 4) is 0 Å². The lowest BCUT2D eigenvalue weighted by Crippen LogP contribution is -2.45. The first kappa shape index (κ1) is 25.3. The van der Waals surface area contributed by atoms with Crippen molar-refractivity contribution in [2.45, 2.75) is 38.5 Å². The fourth-order valence-corrected chi connectivity index (χ4v) is 7.01. The van der Waals surface area contributed by atoms with E-state index in [4.69, 9.17) is 9.47 Å². The van der Waals surface area contributed by atoms with Gasteiger partial charge in [0.05, 0.1) is 24.9 Å². The monoisotopic (exact) mass is 538 g/mol. The minimum atomic E-state index is -3.94. The zero-order valence-electron chi connectivity index (χ0n) is 21.1. The number of nitrogens with zero attached hydrogens (tertiary/aromatic N) is 5. The largest absolute Gasteiger partial charge is 0.447 e. The maximum absolute atomic E-state index is 12.7. The van der Waals surface area contributed by atoms with Gasteiger partial charge in [0.1, 0.15) is 13.3 Å². The predicted octanol–water partition coefficient (Wildman–Crippen LogP) is 2.52. The summed E-state index contributed by atoms with van der Waals surface area (Å²) in [6.07, 6.45) is 12.9. The summed E-state index contributed by atoms with van der Waals surface area (Å²) in [5.41, 5.74) is 3.55. The number of hydrogen-bond donors (Lipinski definition) is 1. The first-order valence-corrected chi connectivity index (χ1v) is 16.5. The Kier molecular flexibility index (Phi) is 6.68. The highest BCUT2D eigenvalue weighted by Gasteiger charge is 2.40. The highest BCUT2D eigenvalue weighted by atomic mass is 32.3. The van der Waals surface area contributed by atoms with E-state index in [0.717, 1.165) is 32.6 Å². The fraction of sp³-hybridized carbons (Fsp3) is 0.609. The van der Waals surface area contributed by atoms with Crippen molar-refractivity contribution in [2.24, 2.45) is 5.92 Å². The molecule has 1 aliphatic carbocycles. The molecule has 5 rings (SSSR count). The van der Waals surface area contributed by atoms with Crippen LogP contribution in [0.1, 0.15) is 31.4 Å². The zero-order chi connectivity index (χ0) is 25.7. The van der Waals surface area contributed by atoms with Gasteiger partial charge in [0.15, 0.2) is 11.3 Å². The van der Waals surface area contributed by atoms with Gasteiger partial charge in [-0.15, -0.1) is 0 Å². The van der Waals surface area contributed by atoms with Crippen molar-refractivity contribution in [1.29, 1.82) is 0 Å². The van der Waals surface area contributed by atoms with Crippen LogP contribution in [0, 0.1) is 5.92 Å². The smallest absolute Gasteiger partial charge is 0.424 e. The van der Waals surface area contributed by atoms with Gasteiger partial charge in [-0.25, -0.2) is 24.8 Å². The number of cyclic esters (lactones) is 1. The predicted molar refractivity (Wildman–Crippen MR) is 140 cm³/mol. The summed E-state index contributed by atoms with van der Waals surface area (Å²) >= 11 is 0. The number of fused-ring (bicyclic) bond motifs is 3. The van der Waals surface area contributed by atoms with E-state index >= 15 is 0 Å². The third kappa shape index (κ3) is 4.93. The number of hydrogen-bond acceptors (Lipinski definition) is 7. The molecule has 2 aliphatic rings. The molecule has 0 radical (unpaired) electrons. The van der Waals surface area contributed by atoms with Crippen LogP contribution in [0.5, 0.6) is 0 Å². The Balaban J connectivity index is 1.35. The fourth-order valence-electron chi connectivity index (χ4n) is 5.09. The molecule has 1 aliphatic heterocycles. The molecule has 3 aromatic heterocycles. The average molecular weight is 539 g/mol. The molecule has 3 aromatic rings. The maximum atomic E-state index is 12.7. The van der Waals surface area contributed by atoms with Crippen LogP contribution >= 0.6 is 10.0 Å². The van der Waals surface area contributed by atoms with E-state index in [0.29, 0.717) is 26.2 Å². The molecule has 3 unspecified atom stereocenters. The molecular formula is C23H34N6O5S2. The number of nitrogens with one attached hydrogen (secondary N) is 1. The lowest BCUT2D eigenvalue weighted by Gasteiger charge is -2.24. The topological polar surface area (TPSA) is 120 Å². The molecule has 36 heavy (non-hydrogen) atoms. The highest BCUT2D eigenvalue weighted by Crippen LogP contribution is 2.41. The Morgan fingerprint density at radius 2 is 2.00 bits per heavy atom. The van der Waals surface area contributed by atoms with E-state index in [9.17, 15) is 13.2 Å². The van der Waals surface area contributed by atoms with Crippen LogP contribution in [0.2, 0.25) is 0 Å². The molecule has 1 saturated heterocycles. The minimum Gasteiger partial charge on any atom is -0.447 e. The summed E-state index contributed by atoms with van der Waals surface area (Å²) < 4.78 is 43.8. The van der Waals surface area contributed by atoms with Crippen LogP contribution in [0.15, 0.2) is 24.7 Å². The molecule has 0 aromatic carbocycles. The van der Waals surface area contributed by atoms with Crippen LogP contribution in [-0.2, 0) is 26.4 Å². The van der Waals surface area contributed by atoms with Gasteiger partial charge in [-0.1, -0.05) is 6.92 Å². The number of rotatable bonds is 9. The summed E-state index contributed by atoms with van der Waals surface area (Å²) in [4.78, 5) is 21.0. The van der Waals surface area contributed by atoms with Crippen molar-refractivity contribution in [3.05, 3.63) is 30.4 Å². The number of ether oxygens (including phenoxy) is 2. The quantitative estimate of drug-likeness (QED) is 0.416. The molecule has 1 saturated carbocycles. The van der Waals surface area contributed by atoms with E-state index in [1.165, 1.54) is 0 Å². The SMILES string of the molecule is CC1CC(NS(=O)(=O)N2CCOC2=O)CC1c1cnc2cnc3c(ccn3COCCS(C)(C)C)n12. The lowest BCUT2D eigenvalue weighted by molar-refractivity contribution is 0.0923. The van der Waals surface area contributed by atoms with Crippen LogP contribution in [0.25, 0.3) is 16.8 Å². The Morgan fingerprint density at radius 3 is 2.72 bits per heavy atom. The first-order chi connectivity index (χ1) is 17.0. The van der Waals surface area contributed by atoms with Crippen LogP contribution < -0.4 is 4.72 Å². The van der Waals surface area contributed by atoms with Crippen LogP contribution in [0.3, 0.4) is 0 Å². The normalized spacial score (nSPS) is 23.7. The number of aromatic nitrogens is 4. The number of amides is 1. The van der Waals surface area contributed by atoms with E-state index in [1.54, 1.807) is 6.20 Å². The Labute approximate surface area is 212 Å².